The van der Waals surface area contributed by atoms with Gasteiger partial charge in [-0.15, -0.1) is 11.8 Å². The summed E-state index contributed by atoms with van der Waals surface area (Å²) < 4.78 is 12.7. The van der Waals surface area contributed by atoms with Gasteiger partial charge in [0.1, 0.15) is 5.82 Å². The van der Waals surface area contributed by atoms with Gasteiger partial charge in [-0.2, -0.15) is 0 Å². The van der Waals surface area contributed by atoms with Gasteiger partial charge in [-0.1, -0.05) is 11.8 Å². The average Bonchev–Trinajstić information content (AvgIpc) is 2.78. The molecule has 112 valence electrons. The number of carbonyl (C=O) groups is 3. The topological polar surface area (TPSA) is 66.5 Å². The number of amides is 3. The average molecular weight is 328 g/mol. The summed E-state index contributed by atoms with van der Waals surface area (Å²) in [5.74, 6) is -0.368. The fraction of sp³-hybridized carbons (Fsp3) is 0.308. The standard InChI is InChI=1S/C13H13FN2O3S2/c14-9-1-3-10(4-2-9)20-7-11(17)15-5-6-16-12(18)8-21-13(16)19/h1-4H,5-8H2,(H,15,17). The van der Waals surface area contributed by atoms with Crippen molar-refractivity contribution in [2.75, 3.05) is 24.6 Å². The molecule has 0 saturated carbocycles. The van der Waals surface area contributed by atoms with Crippen molar-refractivity contribution in [3.05, 3.63) is 30.1 Å². The smallest absolute Gasteiger partial charge is 0.288 e. The van der Waals surface area contributed by atoms with Crippen molar-refractivity contribution in [1.29, 1.82) is 0 Å². The molecule has 8 heteroatoms. The molecule has 0 radical (unpaired) electrons. The molecule has 1 heterocycles. The van der Waals surface area contributed by atoms with E-state index in [-0.39, 0.29) is 47.5 Å². The molecule has 1 fully saturated rings. The minimum Gasteiger partial charge on any atom is -0.354 e. The summed E-state index contributed by atoms with van der Waals surface area (Å²) in [5.41, 5.74) is 0. The number of imide groups is 1. The van der Waals surface area contributed by atoms with Gasteiger partial charge in [0.2, 0.25) is 11.8 Å². The van der Waals surface area contributed by atoms with Gasteiger partial charge in [0.15, 0.2) is 0 Å². The normalized spacial score (nSPS) is 14.6. The lowest BCUT2D eigenvalue weighted by atomic mass is 10.4. The Morgan fingerprint density at radius 2 is 2.05 bits per heavy atom. The first-order chi connectivity index (χ1) is 10.1. The molecule has 1 aromatic carbocycles. The molecule has 1 saturated heterocycles. The van der Waals surface area contributed by atoms with E-state index in [1.807, 2.05) is 0 Å². The number of rotatable bonds is 6. The molecule has 3 amide bonds. The van der Waals surface area contributed by atoms with Crippen LogP contribution in [-0.4, -0.2) is 46.5 Å². The number of thioether (sulfide) groups is 2. The Hall–Kier alpha value is -1.54. The fourth-order valence-electron chi connectivity index (χ4n) is 1.63. The number of carbonyl (C=O) groups excluding carboxylic acids is 3. The minimum absolute atomic E-state index is 0.174. The first kappa shape index (κ1) is 15.8. The quantitative estimate of drug-likeness (QED) is 0.806. The van der Waals surface area contributed by atoms with Gasteiger partial charge >= 0.3 is 0 Å². The second kappa shape index (κ2) is 7.46. The van der Waals surface area contributed by atoms with Gasteiger partial charge in [-0.05, 0) is 24.3 Å². The summed E-state index contributed by atoms with van der Waals surface area (Å²) in [4.78, 5) is 36.2. The van der Waals surface area contributed by atoms with Gasteiger partial charge in [-0.3, -0.25) is 19.3 Å². The molecule has 1 aliphatic heterocycles. The first-order valence-electron chi connectivity index (χ1n) is 6.18. The number of benzene rings is 1. The molecule has 1 N–H and O–H groups in total. The number of nitrogens with zero attached hydrogens (tertiary/aromatic N) is 1. The summed E-state index contributed by atoms with van der Waals surface area (Å²) in [6.07, 6.45) is 0. The van der Waals surface area contributed by atoms with Crippen molar-refractivity contribution in [3.63, 3.8) is 0 Å². The SMILES string of the molecule is O=C(CSc1ccc(F)cc1)NCCN1C(=O)CSC1=O. The highest BCUT2D eigenvalue weighted by Crippen LogP contribution is 2.18. The fourth-order valence-corrected chi connectivity index (χ4v) is 3.12. The highest BCUT2D eigenvalue weighted by Gasteiger charge is 2.29. The summed E-state index contributed by atoms with van der Waals surface area (Å²) in [6.45, 7) is 0.429. The minimum atomic E-state index is -0.318. The van der Waals surface area contributed by atoms with Crippen LogP contribution < -0.4 is 5.32 Å². The molecule has 0 atom stereocenters. The van der Waals surface area contributed by atoms with E-state index in [1.54, 1.807) is 12.1 Å². The Bertz CT molecular complexity index is 535. The Labute approximate surface area is 129 Å². The van der Waals surface area contributed by atoms with Crippen LogP contribution in [0.5, 0.6) is 0 Å². The van der Waals surface area contributed by atoms with Crippen LogP contribution in [0.25, 0.3) is 0 Å². The molecule has 0 aromatic heterocycles. The number of halogens is 1. The van der Waals surface area contributed by atoms with Gasteiger partial charge < -0.3 is 5.32 Å². The van der Waals surface area contributed by atoms with Gasteiger partial charge in [0.05, 0.1) is 11.5 Å². The summed E-state index contributed by atoms with van der Waals surface area (Å²) >= 11 is 2.26. The van der Waals surface area contributed by atoms with Crippen LogP contribution in [0.1, 0.15) is 0 Å². The van der Waals surface area contributed by atoms with Crippen LogP contribution in [0.4, 0.5) is 9.18 Å². The van der Waals surface area contributed by atoms with Crippen molar-refractivity contribution in [2.45, 2.75) is 4.90 Å². The van der Waals surface area contributed by atoms with E-state index in [0.29, 0.717) is 0 Å². The first-order valence-corrected chi connectivity index (χ1v) is 8.15. The van der Waals surface area contributed by atoms with E-state index in [4.69, 9.17) is 0 Å². The Kier molecular flexibility index (Phi) is 5.63. The number of nitrogens with one attached hydrogen (secondary N) is 1. The zero-order valence-electron chi connectivity index (χ0n) is 11.0. The molecular weight excluding hydrogens is 315 g/mol. The predicted molar refractivity (Wildman–Crippen MR) is 79.7 cm³/mol. The molecule has 0 spiro atoms. The van der Waals surface area contributed by atoms with E-state index < -0.39 is 0 Å². The number of hydrogen-bond acceptors (Lipinski definition) is 5. The van der Waals surface area contributed by atoms with Crippen LogP contribution in [-0.2, 0) is 9.59 Å². The Morgan fingerprint density at radius 3 is 2.67 bits per heavy atom. The molecular formula is C13H13FN2O3S2. The second-order valence-electron chi connectivity index (χ2n) is 4.19. The molecule has 0 unspecified atom stereocenters. The Morgan fingerprint density at radius 1 is 1.33 bits per heavy atom. The summed E-state index contributed by atoms with van der Waals surface area (Å²) in [7, 11) is 0. The molecule has 0 bridgehead atoms. The monoisotopic (exact) mass is 328 g/mol. The lowest BCUT2D eigenvalue weighted by Gasteiger charge is -2.13. The van der Waals surface area contributed by atoms with E-state index in [1.165, 1.54) is 23.9 Å². The lowest BCUT2D eigenvalue weighted by Crippen LogP contribution is -2.38. The van der Waals surface area contributed by atoms with E-state index in [2.05, 4.69) is 5.32 Å². The van der Waals surface area contributed by atoms with Crippen molar-refractivity contribution in [2.24, 2.45) is 0 Å². The molecule has 1 aromatic rings. The van der Waals surface area contributed by atoms with Crippen LogP contribution >= 0.6 is 23.5 Å². The summed E-state index contributed by atoms with van der Waals surface area (Å²) in [5, 5.41) is 2.37. The largest absolute Gasteiger partial charge is 0.354 e. The van der Waals surface area contributed by atoms with Gasteiger partial charge in [-0.25, -0.2) is 4.39 Å². The van der Waals surface area contributed by atoms with Crippen LogP contribution in [0, 0.1) is 5.82 Å². The Balaban J connectivity index is 1.67. The van der Waals surface area contributed by atoms with Crippen molar-refractivity contribution in [1.82, 2.24) is 10.2 Å². The van der Waals surface area contributed by atoms with Crippen LogP contribution in [0.15, 0.2) is 29.2 Å². The zero-order valence-corrected chi connectivity index (χ0v) is 12.6. The molecule has 5 nitrogen and oxygen atoms in total. The van der Waals surface area contributed by atoms with Gasteiger partial charge in [0, 0.05) is 18.0 Å². The van der Waals surface area contributed by atoms with E-state index in [0.717, 1.165) is 21.6 Å². The predicted octanol–water partition coefficient (Wildman–Crippen LogP) is 1.73. The highest BCUT2D eigenvalue weighted by molar-refractivity contribution is 8.14. The van der Waals surface area contributed by atoms with Crippen molar-refractivity contribution in [3.8, 4) is 0 Å². The molecule has 1 aliphatic rings. The number of hydrogen-bond donors (Lipinski definition) is 1. The van der Waals surface area contributed by atoms with E-state index in [9.17, 15) is 18.8 Å². The van der Waals surface area contributed by atoms with Crippen LogP contribution in [0.3, 0.4) is 0 Å². The van der Waals surface area contributed by atoms with Crippen molar-refractivity contribution >= 4 is 40.6 Å². The second-order valence-corrected chi connectivity index (χ2v) is 6.17. The van der Waals surface area contributed by atoms with E-state index >= 15 is 0 Å². The third kappa shape index (κ3) is 4.75. The molecule has 0 aliphatic carbocycles. The molecule has 2 rings (SSSR count). The summed E-state index contributed by atoms with van der Waals surface area (Å²) in [6, 6.07) is 5.88. The highest BCUT2D eigenvalue weighted by atomic mass is 32.2. The third-order valence-corrected chi connectivity index (χ3v) is 4.55. The maximum atomic E-state index is 12.7. The maximum Gasteiger partial charge on any atom is 0.288 e. The van der Waals surface area contributed by atoms with Gasteiger partial charge in [0.25, 0.3) is 5.24 Å². The van der Waals surface area contributed by atoms with Crippen molar-refractivity contribution < 1.29 is 18.8 Å². The zero-order chi connectivity index (χ0) is 15.2. The lowest BCUT2D eigenvalue weighted by molar-refractivity contribution is -0.125. The maximum absolute atomic E-state index is 12.7. The van der Waals surface area contributed by atoms with Crippen LogP contribution in [0.2, 0.25) is 0 Å². The third-order valence-electron chi connectivity index (χ3n) is 2.68. The molecule has 21 heavy (non-hydrogen) atoms.